The summed E-state index contributed by atoms with van der Waals surface area (Å²) in [4.78, 5) is 36.0. The van der Waals surface area contributed by atoms with Crippen molar-refractivity contribution in [1.29, 1.82) is 0 Å². The van der Waals surface area contributed by atoms with Crippen molar-refractivity contribution in [2.45, 2.75) is 76.3 Å². The number of aliphatic hydroxyl groups excluding tert-OH is 1. The molecule has 2 aliphatic rings. The Labute approximate surface area is 213 Å². The second-order valence-electron chi connectivity index (χ2n) is 9.29. The van der Waals surface area contributed by atoms with Crippen LogP contribution in [0.5, 0.6) is 0 Å². The number of carbonyl (C=O) groups is 2. The van der Waals surface area contributed by atoms with Crippen molar-refractivity contribution >= 4 is 29.0 Å². The number of thiazole rings is 1. The van der Waals surface area contributed by atoms with Crippen LogP contribution in [0, 0.1) is 0 Å². The van der Waals surface area contributed by atoms with Gasteiger partial charge in [-0.25, -0.2) is 18.7 Å². The van der Waals surface area contributed by atoms with E-state index in [1.165, 1.54) is 0 Å². The molecule has 2 aliphatic heterocycles. The van der Waals surface area contributed by atoms with Crippen molar-refractivity contribution in [3.05, 3.63) is 28.5 Å². The summed E-state index contributed by atoms with van der Waals surface area (Å²) in [6, 6.07) is -1.84. The van der Waals surface area contributed by atoms with Crippen molar-refractivity contribution in [2.75, 3.05) is 11.9 Å². The fraction of sp³-hybridized carbons (Fsp3) is 0.565. The van der Waals surface area contributed by atoms with Gasteiger partial charge in [0.1, 0.15) is 17.6 Å². The number of aliphatic hydroxyl groups is 1. The summed E-state index contributed by atoms with van der Waals surface area (Å²) < 4.78 is 67.1. The van der Waals surface area contributed by atoms with Gasteiger partial charge in [-0.2, -0.15) is 13.2 Å². The molecule has 0 radical (unpaired) electrons. The van der Waals surface area contributed by atoms with Gasteiger partial charge in [0.2, 0.25) is 0 Å². The fourth-order valence-corrected chi connectivity index (χ4v) is 5.66. The van der Waals surface area contributed by atoms with Crippen molar-refractivity contribution in [1.82, 2.24) is 20.2 Å². The Morgan fingerprint density at radius 3 is 2.35 bits per heavy atom. The first-order chi connectivity index (χ1) is 17.4. The molecule has 4 rings (SSSR count). The highest BCUT2D eigenvalue weighted by Crippen LogP contribution is 2.42. The number of halogens is 5. The van der Waals surface area contributed by atoms with E-state index in [4.69, 9.17) is 0 Å². The van der Waals surface area contributed by atoms with Crippen molar-refractivity contribution in [3.8, 4) is 10.4 Å². The molecule has 0 aliphatic carbocycles. The Kier molecular flexibility index (Phi) is 7.70. The van der Waals surface area contributed by atoms with Crippen LogP contribution in [0.2, 0.25) is 0 Å². The number of nitrogens with one attached hydrogen (secondary N) is 2. The molecule has 37 heavy (non-hydrogen) atoms. The molecule has 14 heteroatoms. The molecule has 2 amide bonds. The Bertz CT molecular complexity index is 1150. The van der Waals surface area contributed by atoms with Gasteiger partial charge in [-0.15, -0.1) is 11.3 Å². The maximum absolute atomic E-state index is 14.1. The number of amides is 2. The van der Waals surface area contributed by atoms with E-state index in [2.05, 4.69) is 20.6 Å². The molecule has 4 heterocycles. The first kappa shape index (κ1) is 27.2. The summed E-state index contributed by atoms with van der Waals surface area (Å²) in [5, 5.41) is 13.6. The van der Waals surface area contributed by atoms with Crippen molar-refractivity contribution < 1.29 is 36.6 Å². The van der Waals surface area contributed by atoms with Crippen LogP contribution in [0.15, 0.2) is 12.3 Å². The van der Waals surface area contributed by atoms with E-state index in [0.717, 1.165) is 44.9 Å². The van der Waals surface area contributed by atoms with Gasteiger partial charge in [0.25, 0.3) is 18.2 Å². The predicted octanol–water partition coefficient (Wildman–Crippen LogP) is 4.38. The zero-order valence-corrected chi connectivity index (χ0v) is 20.8. The molecule has 2 bridgehead atoms. The number of alkyl halides is 5. The Morgan fingerprint density at radius 1 is 1.19 bits per heavy atom. The molecular formula is C23H26F5N5O3S. The largest absolute Gasteiger partial charge is 0.408 e. The van der Waals surface area contributed by atoms with E-state index in [-0.39, 0.29) is 39.8 Å². The molecule has 2 aromatic heterocycles. The highest BCUT2D eigenvalue weighted by molar-refractivity contribution is 7.17. The maximum Gasteiger partial charge on any atom is 0.408 e. The minimum Gasteiger partial charge on any atom is -0.394 e. The standard InChI is InChI=1S/C23H26F5N5O3S/c1-10(9-34)30-20(35)21-32-17(22(36)33-12-3-4-13(33)6-5-12)18(37-21)15-8-29-16(7-14(15)19(24)25)31-11(2)23(26,27)28/h7-8,10-13,19,34H,3-6,9H2,1-2H3,(H,29,31)(H,30,35)/t10-,11+,12-,13-/m1/s1. The van der Waals surface area contributed by atoms with E-state index < -0.39 is 47.9 Å². The lowest BCUT2D eigenvalue weighted by Gasteiger charge is -2.22. The molecule has 3 N–H and O–H groups in total. The average Bonchev–Trinajstić information content (AvgIpc) is 3.57. The average molecular weight is 548 g/mol. The van der Waals surface area contributed by atoms with Crippen LogP contribution in [-0.4, -0.2) is 68.7 Å². The zero-order valence-electron chi connectivity index (χ0n) is 20.0. The lowest BCUT2D eigenvalue weighted by Crippen LogP contribution is -2.36. The number of aromatic nitrogens is 2. The number of hydrogen-bond acceptors (Lipinski definition) is 7. The third-order valence-corrected chi connectivity index (χ3v) is 7.72. The SMILES string of the molecule is C[C@H](CO)NC(=O)c1nc(C(=O)N2[C@H]3CC[C@H]2CC3)c(-c2cnc(N[C@@H](C)C(F)(F)F)cc2C(F)F)s1. The molecule has 2 aromatic rings. The Hall–Kier alpha value is -2.87. The van der Waals surface area contributed by atoms with Crippen LogP contribution >= 0.6 is 11.3 Å². The van der Waals surface area contributed by atoms with Gasteiger partial charge >= 0.3 is 6.18 Å². The topological polar surface area (TPSA) is 107 Å². The molecule has 0 aromatic carbocycles. The Morgan fingerprint density at radius 2 is 1.81 bits per heavy atom. The second kappa shape index (κ2) is 10.5. The molecule has 0 unspecified atom stereocenters. The minimum atomic E-state index is -4.62. The summed E-state index contributed by atoms with van der Waals surface area (Å²) in [6.07, 6.45) is -3.49. The van der Waals surface area contributed by atoms with Gasteiger partial charge in [0.05, 0.1) is 11.5 Å². The molecule has 2 saturated heterocycles. The van der Waals surface area contributed by atoms with Gasteiger partial charge in [-0.05, 0) is 45.6 Å². The maximum atomic E-state index is 14.1. The number of carbonyl (C=O) groups excluding carboxylic acids is 2. The van der Waals surface area contributed by atoms with Crippen LogP contribution in [0.1, 0.15) is 71.8 Å². The quantitative estimate of drug-likeness (QED) is 0.424. The smallest absolute Gasteiger partial charge is 0.394 e. The third-order valence-electron chi connectivity index (χ3n) is 6.63. The highest BCUT2D eigenvalue weighted by Gasteiger charge is 2.44. The van der Waals surface area contributed by atoms with E-state index >= 15 is 0 Å². The molecule has 2 fully saturated rings. The normalized spacial score (nSPS) is 20.8. The van der Waals surface area contributed by atoms with Gasteiger partial charge in [0.15, 0.2) is 5.01 Å². The van der Waals surface area contributed by atoms with Crippen LogP contribution in [0.4, 0.5) is 27.8 Å². The van der Waals surface area contributed by atoms with E-state index in [9.17, 15) is 36.6 Å². The van der Waals surface area contributed by atoms with Gasteiger partial charge in [-0.3, -0.25) is 9.59 Å². The minimum absolute atomic E-state index is 0.00173. The molecule has 8 nitrogen and oxygen atoms in total. The summed E-state index contributed by atoms with van der Waals surface area (Å²) in [5.74, 6) is -1.59. The molecule has 0 spiro atoms. The monoisotopic (exact) mass is 547 g/mol. The summed E-state index contributed by atoms with van der Waals surface area (Å²) in [5.41, 5.74) is -1.02. The number of fused-ring (bicyclic) bond motifs is 2. The number of rotatable bonds is 8. The van der Waals surface area contributed by atoms with Crippen molar-refractivity contribution in [3.63, 3.8) is 0 Å². The predicted molar refractivity (Wildman–Crippen MR) is 126 cm³/mol. The first-order valence-corrected chi connectivity index (χ1v) is 12.6. The number of anilines is 1. The lowest BCUT2D eigenvalue weighted by molar-refractivity contribution is -0.138. The summed E-state index contributed by atoms with van der Waals surface area (Å²) in [6.45, 7) is 2.03. The zero-order chi connectivity index (χ0) is 27.1. The first-order valence-electron chi connectivity index (χ1n) is 11.8. The molecule has 0 saturated carbocycles. The number of nitrogens with zero attached hydrogens (tertiary/aromatic N) is 3. The van der Waals surface area contributed by atoms with Crippen LogP contribution in [0.3, 0.4) is 0 Å². The molecular weight excluding hydrogens is 521 g/mol. The second-order valence-corrected chi connectivity index (χ2v) is 10.3. The Balaban J connectivity index is 1.77. The van der Waals surface area contributed by atoms with Crippen molar-refractivity contribution in [2.24, 2.45) is 0 Å². The fourth-order valence-electron chi connectivity index (χ4n) is 4.67. The van der Waals surface area contributed by atoms with Gasteiger partial charge < -0.3 is 20.6 Å². The van der Waals surface area contributed by atoms with Gasteiger partial charge in [0, 0.05) is 35.4 Å². The summed E-state index contributed by atoms with van der Waals surface area (Å²) >= 11 is 0.713. The lowest BCUT2D eigenvalue weighted by atomic mass is 10.0. The number of pyridine rings is 1. The van der Waals surface area contributed by atoms with E-state index in [0.29, 0.717) is 11.3 Å². The van der Waals surface area contributed by atoms with Crippen LogP contribution < -0.4 is 10.6 Å². The molecule has 2 atom stereocenters. The van der Waals surface area contributed by atoms with E-state index in [1.54, 1.807) is 11.8 Å². The van der Waals surface area contributed by atoms with Crippen LogP contribution in [0.25, 0.3) is 10.4 Å². The van der Waals surface area contributed by atoms with Crippen LogP contribution in [-0.2, 0) is 0 Å². The van der Waals surface area contributed by atoms with Gasteiger partial charge in [-0.1, -0.05) is 0 Å². The highest BCUT2D eigenvalue weighted by atomic mass is 32.1. The van der Waals surface area contributed by atoms with E-state index in [1.807, 2.05) is 0 Å². The number of hydrogen-bond donors (Lipinski definition) is 3. The third kappa shape index (κ3) is 5.54. The summed E-state index contributed by atoms with van der Waals surface area (Å²) in [7, 11) is 0. The molecule has 202 valence electrons.